The Bertz CT molecular complexity index is 427. The summed E-state index contributed by atoms with van der Waals surface area (Å²) in [6.07, 6.45) is 6.87. The Kier molecular flexibility index (Phi) is 5.26. The molecule has 0 spiro atoms. The lowest BCUT2D eigenvalue weighted by Crippen LogP contribution is -2.35. The van der Waals surface area contributed by atoms with Crippen LogP contribution in [0.4, 0.5) is 0 Å². The van der Waals surface area contributed by atoms with Crippen molar-refractivity contribution in [2.24, 2.45) is 11.3 Å². The number of nitrogens with one attached hydrogen (secondary N) is 1. The molecule has 0 heterocycles. The van der Waals surface area contributed by atoms with Crippen LogP contribution in [0.1, 0.15) is 56.2 Å². The maximum Gasteiger partial charge on any atom is 0.00111 e. The van der Waals surface area contributed by atoms with E-state index in [1.165, 1.54) is 49.8 Å². The lowest BCUT2D eigenvalue weighted by atomic mass is 9.78. The highest BCUT2D eigenvalue weighted by Crippen LogP contribution is 2.41. The normalized spacial score (nSPS) is 17.9. The summed E-state index contributed by atoms with van der Waals surface area (Å²) in [7, 11) is 0. The number of hydrogen-bond acceptors (Lipinski definition) is 1. The van der Waals surface area contributed by atoms with Gasteiger partial charge in [-0.15, -0.1) is 0 Å². The van der Waals surface area contributed by atoms with Crippen LogP contribution >= 0.6 is 0 Å². The van der Waals surface area contributed by atoms with Crippen molar-refractivity contribution < 1.29 is 0 Å². The summed E-state index contributed by atoms with van der Waals surface area (Å²) in [6.45, 7) is 11.4. The zero-order valence-electron chi connectivity index (χ0n) is 13.8. The van der Waals surface area contributed by atoms with E-state index in [-0.39, 0.29) is 0 Å². The van der Waals surface area contributed by atoms with Crippen LogP contribution in [0.3, 0.4) is 0 Å². The van der Waals surface area contributed by atoms with E-state index in [0.29, 0.717) is 5.41 Å². The molecule has 0 amide bonds. The summed E-state index contributed by atoms with van der Waals surface area (Å²) in [5, 5.41) is 3.72. The summed E-state index contributed by atoms with van der Waals surface area (Å²) >= 11 is 0. The van der Waals surface area contributed by atoms with Gasteiger partial charge in [0, 0.05) is 6.54 Å². The van der Waals surface area contributed by atoms with Gasteiger partial charge in [-0.2, -0.15) is 0 Å². The summed E-state index contributed by atoms with van der Waals surface area (Å²) in [6, 6.07) is 6.92. The van der Waals surface area contributed by atoms with E-state index in [9.17, 15) is 0 Å². The summed E-state index contributed by atoms with van der Waals surface area (Å²) < 4.78 is 0. The molecule has 1 aliphatic carbocycles. The SMILES string of the molecule is Cc1ccc(C)c(CC2(CNCC(C)C)CCCC2)c1. The van der Waals surface area contributed by atoms with Gasteiger partial charge >= 0.3 is 0 Å². The van der Waals surface area contributed by atoms with E-state index >= 15 is 0 Å². The van der Waals surface area contributed by atoms with Crippen LogP contribution in [0.25, 0.3) is 0 Å². The zero-order valence-corrected chi connectivity index (χ0v) is 13.8. The highest BCUT2D eigenvalue weighted by molar-refractivity contribution is 5.31. The van der Waals surface area contributed by atoms with E-state index < -0.39 is 0 Å². The summed E-state index contributed by atoms with van der Waals surface area (Å²) in [4.78, 5) is 0. The van der Waals surface area contributed by atoms with Crippen molar-refractivity contribution in [3.8, 4) is 0 Å². The molecule has 1 aromatic carbocycles. The molecule has 1 nitrogen and oxygen atoms in total. The predicted molar refractivity (Wildman–Crippen MR) is 88.2 cm³/mol. The van der Waals surface area contributed by atoms with Gasteiger partial charge in [-0.25, -0.2) is 0 Å². The van der Waals surface area contributed by atoms with Crippen molar-refractivity contribution in [3.63, 3.8) is 0 Å². The number of benzene rings is 1. The molecule has 2 rings (SSSR count). The van der Waals surface area contributed by atoms with Crippen LogP contribution < -0.4 is 5.32 Å². The van der Waals surface area contributed by atoms with Crippen LogP contribution in [0.2, 0.25) is 0 Å². The Labute approximate surface area is 125 Å². The quantitative estimate of drug-likeness (QED) is 0.795. The van der Waals surface area contributed by atoms with Crippen LogP contribution in [0.15, 0.2) is 18.2 Å². The maximum atomic E-state index is 3.72. The minimum atomic E-state index is 0.507. The van der Waals surface area contributed by atoms with E-state index in [1.54, 1.807) is 5.56 Å². The highest BCUT2D eigenvalue weighted by atomic mass is 14.9. The van der Waals surface area contributed by atoms with E-state index in [2.05, 4.69) is 51.2 Å². The lowest BCUT2D eigenvalue weighted by Gasteiger charge is -2.31. The second kappa shape index (κ2) is 6.76. The summed E-state index contributed by atoms with van der Waals surface area (Å²) in [5.41, 5.74) is 4.94. The fourth-order valence-electron chi connectivity index (χ4n) is 3.56. The molecule has 0 bridgehead atoms. The molecule has 0 radical (unpaired) electrons. The van der Waals surface area contributed by atoms with Gasteiger partial charge in [0.15, 0.2) is 0 Å². The molecule has 0 aliphatic heterocycles. The highest BCUT2D eigenvalue weighted by Gasteiger charge is 2.33. The van der Waals surface area contributed by atoms with E-state index in [1.807, 2.05) is 0 Å². The molecule has 1 heteroatoms. The fourth-order valence-corrected chi connectivity index (χ4v) is 3.56. The topological polar surface area (TPSA) is 12.0 Å². The molecule has 1 fully saturated rings. The molecule has 20 heavy (non-hydrogen) atoms. The molecule has 0 aromatic heterocycles. The fraction of sp³-hybridized carbons (Fsp3) is 0.684. The van der Waals surface area contributed by atoms with Crippen LogP contribution in [0.5, 0.6) is 0 Å². The first kappa shape index (κ1) is 15.6. The molecule has 0 unspecified atom stereocenters. The summed E-state index contributed by atoms with van der Waals surface area (Å²) in [5.74, 6) is 0.745. The van der Waals surface area contributed by atoms with Crippen LogP contribution in [0, 0.1) is 25.2 Å². The predicted octanol–water partition coefficient (Wildman–Crippen LogP) is 4.65. The maximum absolute atomic E-state index is 3.72. The third-order valence-corrected chi connectivity index (χ3v) is 4.79. The average molecular weight is 273 g/mol. The Morgan fingerprint density at radius 3 is 2.50 bits per heavy atom. The standard InChI is InChI=1S/C19H31N/c1-15(2)13-20-14-19(9-5-6-10-19)12-18-11-16(3)7-8-17(18)4/h7-8,11,15,20H,5-6,9-10,12-14H2,1-4H3. The zero-order chi connectivity index (χ0) is 14.6. The van der Waals surface area contributed by atoms with Gasteiger partial charge in [0.2, 0.25) is 0 Å². The Morgan fingerprint density at radius 1 is 1.15 bits per heavy atom. The molecule has 1 saturated carbocycles. The molecule has 1 aromatic rings. The number of rotatable bonds is 6. The van der Waals surface area contributed by atoms with Crippen molar-refractivity contribution in [1.82, 2.24) is 5.32 Å². The molecule has 1 aliphatic rings. The van der Waals surface area contributed by atoms with E-state index in [4.69, 9.17) is 0 Å². The Balaban J connectivity index is 2.06. The van der Waals surface area contributed by atoms with Gasteiger partial charge < -0.3 is 5.32 Å². The van der Waals surface area contributed by atoms with Gasteiger partial charge in [0.25, 0.3) is 0 Å². The first-order chi connectivity index (χ1) is 9.51. The molecule has 112 valence electrons. The van der Waals surface area contributed by atoms with Gasteiger partial charge in [0.1, 0.15) is 0 Å². The van der Waals surface area contributed by atoms with Crippen LogP contribution in [-0.4, -0.2) is 13.1 Å². The lowest BCUT2D eigenvalue weighted by molar-refractivity contribution is 0.272. The van der Waals surface area contributed by atoms with Crippen molar-refractivity contribution in [2.45, 2.75) is 59.8 Å². The average Bonchev–Trinajstić information content (AvgIpc) is 2.82. The first-order valence-corrected chi connectivity index (χ1v) is 8.28. The van der Waals surface area contributed by atoms with Gasteiger partial charge in [-0.1, -0.05) is 50.5 Å². The second-order valence-electron chi connectivity index (χ2n) is 7.34. The second-order valence-corrected chi connectivity index (χ2v) is 7.34. The van der Waals surface area contributed by atoms with E-state index in [0.717, 1.165) is 12.5 Å². The molecule has 0 atom stereocenters. The van der Waals surface area contributed by atoms with Gasteiger partial charge in [0.05, 0.1) is 0 Å². The largest absolute Gasteiger partial charge is 0.316 e. The van der Waals surface area contributed by atoms with Crippen molar-refractivity contribution >= 4 is 0 Å². The number of hydrogen-bond donors (Lipinski definition) is 1. The minimum absolute atomic E-state index is 0.507. The third kappa shape index (κ3) is 4.09. The smallest absolute Gasteiger partial charge is 0.00111 e. The Hall–Kier alpha value is -0.820. The van der Waals surface area contributed by atoms with Crippen molar-refractivity contribution in [3.05, 3.63) is 34.9 Å². The van der Waals surface area contributed by atoms with Crippen molar-refractivity contribution in [1.29, 1.82) is 0 Å². The first-order valence-electron chi connectivity index (χ1n) is 8.28. The minimum Gasteiger partial charge on any atom is -0.316 e. The van der Waals surface area contributed by atoms with Gasteiger partial charge in [-0.05, 0) is 62.1 Å². The molecule has 1 N–H and O–H groups in total. The molecular formula is C19H31N. The van der Waals surface area contributed by atoms with Gasteiger partial charge in [-0.3, -0.25) is 0 Å². The third-order valence-electron chi connectivity index (χ3n) is 4.79. The Morgan fingerprint density at radius 2 is 1.85 bits per heavy atom. The van der Waals surface area contributed by atoms with Crippen LogP contribution in [-0.2, 0) is 6.42 Å². The molecule has 0 saturated heterocycles. The monoisotopic (exact) mass is 273 g/mol. The number of aryl methyl sites for hydroxylation is 2. The molecular weight excluding hydrogens is 242 g/mol. The van der Waals surface area contributed by atoms with Crippen molar-refractivity contribution in [2.75, 3.05) is 13.1 Å².